The van der Waals surface area contributed by atoms with Crippen LogP contribution in [0.5, 0.6) is 0 Å². The highest BCUT2D eigenvalue weighted by atomic mass is 16.5. The van der Waals surface area contributed by atoms with Crippen molar-refractivity contribution in [3.05, 3.63) is 59.4 Å². The van der Waals surface area contributed by atoms with Gasteiger partial charge in [-0.15, -0.1) is 0 Å². The number of anilines is 1. The molecule has 1 aromatic carbocycles. The fraction of sp³-hybridized carbons (Fsp3) is 0.188. The van der Waals surface area contributed by atoms with Gasteiger partial charge in [0.15, 0.2) is 0 Å². The normalized spacial score (nSPS) is 10.0. The molecule has 0 aliphatic heterocycles. The van der Waals surface area contributed by atoms with Gasteiger partial charge in [-0.1, -0.05) is 6.07 Å². The first-order valence-corrected chi connectivity index (χ1v) is 6.61. The number of carbonyl (C=O) groups is 2. The number of hydrogen-bond donors (Lipinski definition) is 1. The van der Waals surface area contributed by atoms with Crippen molar-refractivity contribution in [3.63, 3.8) is 0 Å². The van der Waals surface area contributed by atoms with E-state index in [2.05, 4.69) is 10.3 Å². The molecule has 108 valence electrons. The van der Waals surface area contributed by atoms with Gasteiger partial charge in [0, 0.05) is 18.1 Å². The predicted octanol–water partition coefficient (Wildman–Crippen LogP) is 2.82. The Morgan fingerprint density at radius 2 is 2.05 bits per heavy atom. The summed E-state index contributed by atoms with van der Waals surface area (Å²) in [6.45, 7) is 3.91. The lowest BCUT2D eigenvalue weighted by atomic mass is 10.1. The first kappa shape index (κ1) is 14.7. The number of aryl methyl sites for hydroxylation is 1. The summed E-state index contributed by atoms with van der Waals surface area (Å²) in [5.74, 6) is -0.679. The second kappa shape index (κ2) is 6.65. The quantitative estimate of drug-likeness (QED) is 0.877. The van der Waals surface area contributed by atoms with Crippen molar-refractivity contribution in [1.29, 1.82) is 0 Å². The van der Waals surface area contributed by atoms with Crippen molar-refractivity contribution in [3.8, 4) is 0 Å². The minimum Gasteiger partial charge on any atom is -0.462 e. The summed E-state index contributed by atoms with van der Waals surface area (Å²) in [4.78, 5) is 27.7. The van der Waals surface area contributed by atoms with Crippen LogP contribution in [0.1, 0.15) is 33.2 Å². The van der Waals surface area contributed by atoms with Crippen LogP contribution in [0.25, 0.3) is 0 Å². The van der Waals surface area contributed by atoms with Crippen LogP contribution in [-0.2, 0) is 4.74 Å². The number of nitrogens with one attached hydrogen (secondary N) is 1. The minimum atomic E-state index is -0.408. The second-order valence-electron chi connectivity index (χ2n) is 4.45. The first-order valence-electron chi connectivity index (χ1n) is 6.61. The van der Waals surface area contributed by atoms with Gasteiger partial charge in [0.2, 0.25) is 0 Å². The van der Waals surface area contributed by atoms with Crippen molar-refractivity contribution in [1.82, 2.24) is 4.98 Å². The van der Waals surface area contributed by atoms with Gasteiger partial charge in [0.05, 0.1) is 17.7 Å². The van der Waals surface area contributed by atoms with Crippen molar-refractivity contribution >= 4 is 17.6 Å². The van der Waals surface area contributed by atoms with Crippen LogP contribution < -0.4 is 5.32 Å². The Balaban J connectivity index is 2.21. The number of carbonyl (C=O) groups excluding carboxylic acids is 2. The number of hydrogen-bond acceptors (Lipinski definition) is 4. The maximum absolute atomic E-state index is 12.1. The number of nitrogens with zero attached hydrogens (tertiary/aromatic N) is 1. The van der Waals surface area contributed by atoms with Gasteiger partial charge in [-0.3, -0.25) is 9.78 Å². The lowest BCUT2D eigenvalue weighted by Crippen LogP contribution is -2.14. The van der Waals surface area contributed by atoms with E-state index in [0.29, 0.717) is 23.4 Å². The molecular weight excluding hydrogens is 268 g/mol. The number of aromatic nitrogens is 1. The molecule has 5 nitrogen and oxygen atoms in total. The molecule has 1 aromatic heterocycles. The number of esters is 1. The molecule has 0 unspecified atom stereocenters. The summed E-state index contributed by atoms with van der Waals surface area (Å²) >= 11 is 0. The number of rotatable bonds is 4. The highest BCUT2D eigenvalue weighted by Crippen LogP contribution is 2.18. The van der Waals surface area contributed by atoms with Gasteiger partial charge in [-0.2, -0.15) is 0 Å². The van der Waals surface area contributed by atoms with Gasteiger partial charge < -0.3 is 10.1 Å². The third kappa shape index (κ3) is 3.66. The fourth-order valence-electron chi connectivity index (χ4n) is 1.79. The van der Waals surface area contributed by atoms with Crippen molar-refractivity contribution in [2.75, 3.05) is 11.9 Å². The number of benzene rings is 1. The standard InChI is InChI=1S/C16H16N2O3/c1-3-21-16(20)12-7-6-11(2)14(9-12)18-15(19)13-5-4-8-17-10-13/h4-10H,3H2,1-2H3,(H,18,19). The molecule has 5 heteroatoms. The molecule has 0 radical (unpaired) electrons. The Kier molecular flexibility index (Phi) is 4.66. The van der Waals surface area contributed by atoms with Gasteiger partial charge >= 0.3 is 5.97 Å². The Morgan fingerprint density at radius 1 is 1.24 bits per heavy atom. The van der Waals surface area contributed by atoms with Crippen molar-refractivity contribution < 1.29 is 14.3 Å². The number of ether oxygens (including phenoxy) is 1. The van der Waals surface area contributed by atoms with Crippen molar-refractivity contribution in [2.45, 2.75) is 13.8 Å². The summed E-state index contributed by atoms with van der Waals surface area (Å²) in [6, 6.07) is 8.42. The van der Waals surface area contributed by atoms with Crippen LogP contribution >= 0.6 is 0 Å². The van der Waals surface area contributed by atoms with E-state index in [1.807, 2.05) is 6.92 Å². The van der Waals surface area contributed by atoms with E-state index in [0.717, 1.165) is 5.56 Å². The molecule has 0 atom stereocenters. The van der Waals surface area contributed by atoms with Gasteiger partial charge in [0.25, 0.3) is 5.91 Å². The lowest BCUT2D eigenvalue weighted by Gasteiger charge is -2.10. The van der Waals surface area contributed by atoms with Crippen LogP contribution in [0.4, 0.5) is 5.69 Å². The van der Waals surface area contributed by atoms with Crippen LogP contribution in [0.3, 0.4) is 0 Å². The largest absolute Gasteiger partial charge is 0.462 e. The van der Waals surface area contributed by atoms with E-state index in [4.69, 9.17) is 4.74 Å². The molecule has 0 saturated carbocycles. The molecule has 1 heterocycles. The highest BCUT2D eigenvalue weighted by molar-refractivity contribution is 6.05. The third-order valence-electron chi connectivity index (χ3n) is 2.92. The van der Waals surface area contributed by atoms with Gasteiger partial charge in [0.1, 0.15) is 0 Å². The molecule has 0 saturated heterocycles. The molecule has 0 fully saturated rings. The maximum Gasteiger partial charge on any atom is 0.338 e. The summed E-state index contributed by atoms with van der Waals surface area (Å²) in [5, 5.41) is 2.78. The van der Waals surface area contributed by atoms with E-state index < -0.39 is 5.97 Å². The first-order chi connectivity index (χ1) is 10.1. The Morgan fingerprint density at radius 3 is 2.71 bits per heavy atom. The SMILES string of the molecule is CCOC(=O)c1ccc(C)c(NC(=O)c2cccnc2)c1. The lowest BCUT2D eigenvalue weighted by molar-refractivity contribution is 0.0526. The number of amides is 1. The van der Waals surface area contributed by atoms with Crippen LogP contribution in [0.2, 0.25) is 0 Å². The van der Waals surface area contributed by atoms with Crippen LogP contribution in [-0.4, -0.2) is 23.5 Å². The summed E-state index contributed by atoms with van der Waals surface area (Å²) in [7, 11) is 0. The van der Waals surface area contributed by atoms with E-state index >= 15 is 0 Å². The smallest absolute Gasteiger partial charge is 0.338 e. The molecule has 2 aromatic rings. The molecule has 0 bridgehead atoms. The Bertz CT molecular complexity index is 654. The predicted molar refractivity (Wildman–Crippen MR) is 79.3 cm³/mol. The molecular formula is C16H16N2O3. The zero-order chi connectivity index (χ0) is 15.2. The molecule has 0 aliphatic carbocycles. The monoisotopic (exact) mass is 284 g/mol. The fourth-order valence-corrected chi connectivity index (χ4v) is 1.79. The van der Waals surface area contributed by atoms with Gasteiger partial charge in [-0.25, -0.2) is 4.79 Å². The average Bonchev–Trinajstić information content (AvgIpc) is 2.50. The molecule has 0 spiro atoms. The molecule has 1 amide bonds. The zero-order valence-electron chi connectivity index (χ0n) is 11.9. The summed E-state index contributed by atoms with van der Waals surface area (Å²) in [6.07, 6.45) is 3.09. The average molecular weight is 284 g/mol. The minimum absolute atomic E-state index is 0.271. The van der Waals surface area contributed by atoms with E-state index in [-0.39, 0.29) is 5.91 Å². The third-order valence-corrected chi connectivity index (χ3v) is 2.92. The van der Waals surface area contributed by atoms with Crippen molar-refractivity contribution in [2.24, 2.45) is 0 Å². The molecule has 21 heavy (non-hydrogen) atoms. The summed E-state index contributed by atoms with van der Waals surface area (Å²) in [5.41, 5.74) is 2.30. The van der Waals surface area contributed by atoms with E-state index in [1.165, 1.54) is 6.20 Å². The van der Waals surface area contributed by atoms with E-state index in [1.54, 1.807) is 43.5 Å². The summed E-state index contributed by atoms with van der Waals surface area (Å²) < 4.78 is 4.95. The zero-order valence-corrected chi connectivity index (χ0v) is 11.9. The van der Waals surface area contributed by atoms with Crippen LogP contribution in [0, 0.1) is 6.92 Å². The highest BCUT2D eigenvalue weighted by Gasteiger charge is 2.12. The molecule has 2 rings (SSSR count). The second-order valence-corrected chi connectivity index (χ2v) is 4.45. The molecule has 1 N–H and O–H groups in total. The van der Waals surface area contributed by atoms with E-state index in [9.17, 15) is 9.59 Å². The van der Waals surface area contributed by atoms with Crippen LogP contribution in [0.15, 0.2) is 42.7 Å². The molecule has 0 aliphatic rings. The Labute approximate surface area is 123 Å². The topological polar surface area (TPSA) is 68.3 Å². The maximum atomic E-state index is 12.1. The number of pyridine rings is 1. The van der Waals surface area contributed by atoms with Gasteiger partial charge in [-0.05, 0) is 43.7 Å². The Hall–Kier alpha value is -2.69.